The molecule has 2 aliphatic rings. The lowest BCUT2D eigenvalue weighted by atomic mass is 9.89. The monoisotopic (exact) mass is 639 g/mol. The number of hydrogen-bond acceptors (Lipinski definition) is 5. The number of aromatic nitrogens is 2. The van der Waals surface area contributed by atoms with Crippen molar-refractivity contribution >= 4 is 6.03 Å². The zero-order valence-electron chi connectivity index (χ0n) is 26.3. The summed E-state index contributed by atoms with van der Waals surface area (Å²) < 4.78 is 52.7. The van der Waals surface area contributed by atoms with Gasteiger partial charge in [0.1, 0.15) is 23.6 Å². The van der Waals surface area contributed by atoms with Crippen LogP contribution in [0.1, 0.15) is 43.6 Å². The van der Waals surface area contributed by atoms with Crippen LogP contribution in [0.2, 0.25) is 0 Å². The first-order valence-electron chi connectivity index (χ1n) is 16.1. The number of imidazole rings is 1. The van der Waals surface area contributed by atoms with Gasteiger partial charge in [-0.25, -0.2) is 22.9 Å². The van der Waals surface area contributed by atoms with Crippen LogP contribution < -0.4 is 5.32 Å². The zero-order chi connectivity index (χ0) is 32.6. The molecule has 0 spiro atoms. The number of nitrogens with zero attached hydrogens (tertiary/aromatic N) is 4. The number of carbonyl (C=O) groups is 1. The third kappa shape index (κ3) is 8.18. The molecule has 2 aromatic carbocycles. The summed E-state index contributed by atoms with van der Waals surface area (Å²) in [5.41, 5.74) is 1.21. The van der Waals surface area contributed by atoms with E-state index in [0.29, 0.717) is 51.5 Å². The van der Waals surface area contributed by atoms with Gasteiger partial charge in [-0.1, -0.05) is 36.4 Å². The second-order valence-electron chi connectivity index (χ2n) is 12.4. The fourth-order valence-corrected chi connectivity index (χ4v) is 6.49. The Balaban J connectivity index is 1.61. The standard InChI is InChI=1S/C35H44F3N5O3/c1-3-4-14-41-19-27(31(38)21-41)20-43(35(45)39-24(2)23-44)33(26-12-15-46-16-13-26)34-40-32(29-17-28(36)10-11-30(29)37)22-42(34)18-25-8-6-5-7-9-25/h3,5-11,17,22,24,26-27,31,33,44H,1,4,12-16,18-21,23H2,2H3,(H,39,45). The van der Waals surface area contributed by atoms with Crippen LogP contribution in [0.4, 0.5) is 18.0 Å². The number of halogens is 3. The number of ether oxygens (including phenoxy) is 1. The first-order valence-corrected chi connectivity index (χ1v) is 16.1. The number of benzene rings is 2. The molecule has 4 atom stereocenters. The van der Waals surface area contributed by atoms with Crippen molar-refractivity contribution in [2.45, 2.75) is 51.0 Å². The highest BCUT2D eigenvalue weighted by Crippen LogP contribution is 2.38. The fourth-order valence-electron chi connectivity index (χ4n) is 6.49. The van der Waals surface area contributed by atoms with Crippen molar-refractivity contribution in [3.63, 3.8) is 0 Å². The summed E-state index contributed by atoms with van der Waals surface area (Å²) >= 11 is 0. The number of aliphatic hydroxyl groups is 1. The van der Waals surface area contributed by atoms with Gasteiger partial charge < -0.3 is 24.6 Å². The van der Waals surface area contributed by atoms with Gasteiger partial charge >= 0.3 is 6.03 Å². The molecule has 46 heavy (non-hydrogen) atoms. The van der Waals surface area contributed by atoms with Crippen LogP contribution in [0.25, 0.3) is 11.3 Å². The van der Waals surface area contributed by atoms with Crippen molar-refractivity contribution in [1.82, 2.24) is 24.7 Å². The van der Waals surface area contributed by atoms with Gasteiger partial charge in [0, 0.05) is 63.6 Å². The third-order valence-corrected chi connectivity index (χ3v) is 8.94. The minimum absolute atomic E-state index is 0.0150. The second-order valence-corrected chi connectivity index (χ2v) is 12.4. The van der Waals surface area contributed by atoms with Gasteiger partial charge in [0.15, 0.2) is 0 Å². The first-order chi connectivity index (χ1) is 22.3. The maximum atomic E-state index is 15.6. The number of carbonyl (C=O) groups excluding carboxylic acids is 1. The van der Waals surface area contributed by atoms with Crippen LogP contribution in [-0.2, 0) is 11.3 Å². The van der Waals surface area contributed by atoms with Crippen LogP contribution in [0, 0.1) is 23.5 Å². The van der Waals surface area contributed by atoms with E-state index in [2.05, 4.69) is 11.9 Å². The van der Waals surface area contributed by atoms with Crippen molar-refractivity contribution in [2.24, 2.45) is 11.8 Å². The Bertz CT molecular complexity index is 1450. The molecule has 2 fully saturated rings. The number of urea groups is 1. The lowest BCUT2D eigenvalue weighted by molar-refractivity contribution is 0.0251. The summed E-state index contributed by atoms with van der Waals surface area (Å²) in [5.74, 6) is -1.27. The quantitative estimate of drug-likeness (QED) is 0.239. The van der Waals surface area contributed by atoms with E-state index < -0.39 is 41.8 Å². The summed E-state index contributed by atoms with van der Waals surface area (Å²) in [4.78, 5) is 22.8. The number of nitrogens with one attached hydrogen (secondary N) is 1. The van der Waals surface area contributed by atoms with Crippen molar-refractivity contribution in [3.05, 3.63) is 90.4 Å². The second kappa shape index (κ2) is 15.8. The number of rotatable bonds is 13. The smallest absolute Gasteiger partial charge is 0.318 e. The third-order valence-electron chi connectivity index (χ3n) is 8.94. The van der Waals surface area contributed by atoms with Gasteiger partial charge in [-0.3, -0.25) is 4.90 Å². The van der Waals surface area contributed by atoms with E-state index in [0.717, 1.165) is 30.2 Å². The highest BCUT2D eigenvalue weighted by Gasteiger charge is 2.41. The number of alkyl halides is 1. The number of aliphatic hydroxyl groups excluding tert-OH is 1. The Hall–Kier alpha value is -3.67. The lowest BCUT2D eigenvalue weighted by Gasteiger charge is -2.40. The van der Waals surface area contributed by atoms with Gasteiger partial charge in [-0.15, -0.1) is 6.58 Å². The predicted molar refractivity (Wildman–Crippen MR) is 171 cm³/mol. The molecule has 0 aliphatic carbocycles. The van der Waals surface area contributed by atoms with Crippen molar-refractivity contribution in [2.75, 3.05) is 46.0 Å². The Morgan fingerprint density at radius 3 is 2.67 bits per heavy atom. The number of likely N-dealkylation sites (tertiary alicyclic amines) is 1. The fraction of sp³-hybridized carbons (Fsp3) is 0.486. The van der Waals surface area contributed by atoms with Gasteiger partial charge in [-0.05, 0) is 55.9 Å². The summed E-state index contributed by atoms with van der Waals surface area (Å²) in [6.45, 7) is 8.10. The van der Waals surface area contributed by atoms with Gasteiger partial charge in [0.25, 0.3) is 0 Å². The summed E-state index contributed by atoms with van der Waals surface area (Å²) in [7, 11) is 0. The van der Waals surface area contributed by atoms with Crippen molar-refractivity contribution < 1.29 is 27.8 Å². The minimum atomic E-state index is -1.15. The number of amides is 2. The molecule has 2 amide bonds. The van der Waals surface area contributed by atoms with E-state index in [4.69, 9.17) is 9.72 Å². The molecule has 3 heterocycles. The molecule has 5 rings (SSSR count). The largest absolute Gasteiger partial charge is 0.394 e. The Kier molecular flexibility index (Phi) is 11.5. The van der Waals surface area contributed by atoms with Crippen LogP contribution >= 0.6 is 0 Å². The minimum Gasteiger partial charge on any atom is -0.394 e. The van der Waals surface area contributed by atoms with E-state index in [1.165, 1.54) is 0 Å². The topological polar surface area (TPSA) is 82.9 Å². The molecule has 0 saturated carbocycles. The van der Waals surface area contributed by atoms with Crippen LogP contribution in [-0.4, -0.2) is 88.7 Å². The molecule has 2 saturated heterocycles. The van der Waals surface area contributed by atoms with E-state index in [-0.39, 0.29) is 36.9 Å². The van der Waals surface area contributed by atoms with E-state index in [9.17, 15) is 14.3 Å². The van der Waals surface area contributed by atoms with Crippen LogP contribution in [0.3, 0.4) is 0 Å². The molecule has 8 nitrogen and oxygen atoms in total. The average molecular weight is 640 g/mol. The van der Waals surface area contributed by atoms with Crippen molar-refractivity contribution in [1.29, 1.82) is 0 Å². The molecule has 3 aromatic rings. The molecule has 0 radical (unpaired) electrons. The first kappa shape index (κ1) is 33.7. The SMILES string of the molecule is C=CCCN1CC(F)C(CN(C(=O)NC(C)CO)C(c2nc(-c3cc(F)ccc3F)cn2Cc2ccccc2)C2CCOCC2)C1. The summed E-state index contributed by atoms with van der Waals surface area (Å²) in [5, 5.41) is 12.7. The normalized spacial score (nSPS) is 20.4. The van der Waals surface area contributed by atoms with Gasteiger partial charge in [-0.2, -0.15) is 0 Å². The van der Waals surface area contributed by atoms with Gasteiger partial charge in [0.05, 0.1) is 24.4 Å². The Labute approximate surface area is 268 Å². The molecule has 2 N–H and O–H groups in total. The molecule has 0 bridgehead atoms. The van der Waals surface area contributed by atoms with E-state index in [1.54, 1.807) is 18.0 Å². The predicted octanol–water partition coefficient (Wildman–Crippen LogP) is 5.58. The molecule has 248 valence electrons. The van der Waals surface area contributed by atoms with Crippen molar-refractivity contribution in [3.8, 4) is 11.3 Å². The molecular weight excluding hydrogens is 595 g/mol. The van der Waals surface area contributed by atoms with Crippen LogP contribution in [0.5, 0.6) is 0 Å². The molecule has 4 unspecified atom stereocenters. The average Bonchev–Trinajstić information content (AvgIpc) is 3.63. The molecule has 2 aliphatic heterocycles. The van der Waals surface area contributed by atoms with E-state index in [1.807, 2.05) is 45.9 Å². The highest BCUT2D eigenvalue weighted by molar-refractivity contribution is 5.75. The highest BCUT2D eigenvalue weighted by atomic mass is 19.1. The number of hydrogen-bond donors (Lipinski definition) is 2. The Morgan fingerprint density at radius 2 is 1.96 bits per heavy atom. The van der Waals surface area contributed by atoms with Gasteiger partial charge in [0.2, 0.25) is 0 Å². The Morgan fingerprint density at radius 1 is 1.20 bits per heavy atom. The summed E-state index contributed by atoms with van der Waals surface area (Å²) in [6.07, 6.45) is 4.35. The van der Waals surface area contributed by atoms with Crippen LogP contribution in [0.15, 0.2) is 67.4 Å². The lowest BCUT2D eigenvalue weighted by Crippen LogP contribution is -2.51. The maximum Gasteiger partial charge on any atom is 0.318 e. The summed E-state index contributed by atoms with van der Waals surface area (Å²) in [6, 6.07) is 11.3. The molecule has 1 aromatic heterocycles. The van der Waals surface area contributed by atoms with E-state index >= 15 is 8.78 Å². The molecular formula is C35H44F3N5O3. The molecule has 11 heteroatoms. The maximum absolute atomic E-state index is 15.6. The zero-order valence-corrected chi connectivity index (χ0v) is 26.3.